The van der Waals surface area contributed by atoms with Gasteiger partial charge in [-0.3, -0.25) is 4.79 Å². The van der Waals surface area contributed by atoms with Gasteiger partial charge in [0.2, 0.25) is 0 Å². The SMILES string of the molecule is COC(=O)C1CCC(C(C)CN)CC1. The highest BCUT2D eigenvalue weighted by Crippen LogP contribution is 2.33. The molecule has 0 aromatic rings. The number of ether oxygens (including phenoxy) is 1. The van der Waals surface area contributed by atoms with Crippen LogP contribution in [-0.2, 0) is 9.53 Å². The van der Waals surface area contributed by atoms with E-state index in [4.69, 9.17) is 10.5 Å². The van der Waals surface area contributed by atoms with E-state index in [0.29, 0.717) is 11.8 Å². The topological polar surface area (TPSA) is 52.3 Å². The molecule has 2 N–H and O–H groups in total. The van der Waals surface area contributed by atoms with Gasteiger partial charge in [-0.25, -0.2) is 0 Å². The molecule has 0 spiro atoms. The zero-order chi connectivity index (χ0) is 10.6. The average molecular weight is 199 g/mol. The standard InChI is InChI=1S/C11H21NO2/c1-8(7-12)9-3-5-10(6-4-9)11(13)14-2/h8-10H,3-7,12H2,1-2H3. The molecule has 82 valence electrons. The van der Waals surface area contributed by atoms with Crippen molar-refractivity contribution in [1.29, 1.82) is 0 Å². The van der Waals surface area contributed by atoms with Crippen molar-refractivity contribution in [3.63, 3.8) is 0 Å². The number of carbonyl (C=O) groups is 1. The summed E-state index contributed by atoms with van der Waals surface area (Å²) in [4.78, 5) is 11.3. The first-order valence-corrected chi connectivity index (χ1v) is 5.47. The number of carbonyl (C=O) groups excluding carboxylic acids is 1. The Kier molecular flexibility index (Phi) is 4.39. The Morgan fingerprint density at radius 1 is 1.43 bits per heavy atom. The monoisotopic (exact) mass is 199 g/mol. The molecule has 1 unspecified atom stereocenters. The van der Waals surface area contributed by atoms with Crippen LogP contribution in [0.5, 0.6) is 0 Å². The first-order chi connectivity index (χ1) is 6.69. The first-order valence-electron chi connectivity index (χ1n) is 5.47. The molecule has 1 rings (SSSR count). The molecule has 1 saturated carbocycles. The van der Waals surface area contributed by atoms with E-state index >= 15 is 0 Å². The number of hydrogen-bond donors (Lipinski definition) is 1. The highest BCUT2D eigenvalue weighted by Gasteiger charge is 2.28. The van der Waals surface area contributed by atoms with Gasteiger partial charge in [-0.05, 0) is 44.1 Å². The third-order valence-electron chi connectivity index (χ3n) is 3.48. The van der Waals surface area contributed by atoms with Crippen LogP contribution >= 0.6 is 0 Å². The van der Waals surface area contributed by atoms with Gasteiger partial charge < -0.3 is 10.5 Å². The fraction of sp³-hybridized carbons (Fsp3) is 0.909. The fourth-order valence-electron chi connectivity index (χ4n) is 2.28. The molecule has 1 aliphatic rings. The first kappa shape index (κ1) is 11.5. The molecular weight excluding hydrogens is 178 g/mol. The molecule has 0 saturated heterocycles. The largest absolute Gasteiger partial charge is 0.469 e. The summed E-state index contributed by atoms with van der Waals surface area (Å²) in [5.74, 6) is 1.40. The second-order valence-corrected chi connectivity index (χ2v) is 4.35. The van der Waals surface area contributed by atoms with Crippen molar-refractivity contribution in [2.24, 2.45) is 23.5 Å². The van der Waals surface area contributed by atoms with Gasteiger partial charge >= 0.3 is 5.97 Å². The lowest BCUT2D eigenvalue weighted by Crippen LogP contribution is -2.28. The van der Waals surface area contributed by atoms with Gasteiger partial charge in [0.05, 0.1) is 13.0 Å². The van der Waals surface area contributed by atoms with Crippen molar-refractivity contribution in [3.05, 3.63) is 0 Å². The minimum atomic E-state index is -0.0381. The van der Waals surface area contributed by atoms with E-state index in [-0.39, 0.29) is 11.9 Å². The molecule has 0 radical (unpaired) electrons. The second kappa shape index (κ2) is 5.35. The Labute approximate surface area is 86.0 Å². The molecule has 0 aromatic carbocycles. The summed E-state index contributed by atoms with van der Waals surface area (Å²) < 4.78 is 4.75. The molecular formula is C11H21NO2. The maximum absolute atomic E-state index is 11.3. The number of hydrogen-bond acceptors (Lipinski definition) is 3. The molecule has 3 nitrogen and oxygen atoms in total. The van der Waals surface area contributed by atoms with E-state index in [9.17, 15) is 4.79 Å². The highest BCUT2D eigenvalue weighted by molar-refractivity contribution is 5.72. The molecule has 1 aliphatic carbocycles. The summed E-state index contributed by atoms with van der Waals surface area (Å²) in [5.41, 5.74) is 5.63. The van der Waals surface area contributed by atoms with E-state index in [0.717, 1.165) is 32.2 Å². The van der Waals surface area contributed by atoms with Gasteiger partial charge in [-0.1, -0.05) is 6.92 Å². The highest BCUT2D eigenvalue weighted by atomic mass is 16.5. The molecule has 0 heterocycles. The van der Waals surface area contributed by atoms with E-state index in [2.05, 4.69) is 6.92 Å². The van der Waals surface area contributed by atoms with Crippen LogP contribution < -0.4 is 5.73 Å². The maximum atomic E-state index is 11.3. The summed E-state index contributed by atoms with van der Waals surface area (Å²) >= 11 is 0. The Morgan fingerprint density at radius 2 is 2.00 bits per heavy atom. The number of methoxy groups -OCH3 is 1. The van der Waals surface area contributed by atoms with Gasteiger partial charge in [0, 0.05) is 0 Å². The van der Waals surface area contributed by atoms with Crippen molar-refractivity contribution in [2.45, 2.75) is 32.6 Å². The van der Waals surface area contributed by atoms with E-state index in [1.165, 1.54) is 7.11 Å². The van der Waals surface area contributed by atoms with Gasteiger partial charge in [0.1, 0.15) is 0 Å². The minimum Gasteiger partial charge on any atom is -0.469 e. The van der Waals surface area contributed by atoms with E-state index < -0.39 is 0 Å². The lowest BCUT2D eigenvalue weighted by Gasteiger charge is -2.30. The molecule has 0 aliphatic heterocycles. The van der Waals surface area contributed by atoms with E-state index in [1.54, 1.807) is 0 Å². The smallest absolute Gasteiger partial charge is 0.308 e. The number of rotatable bonds is 3. The average Bonchev–Trinajstić information content (AvgIpc) is 2.27. The van der Waals surface area contributed by atoms with Crippen LogP contribution in [0, 0.1) is 17.8 Å². The van der Waals surface area contributed by atoms with Gasteiger partial charge in [-0.15, -0.1) is 0 Å². The number of nitrogens with two attached hydrogens (primary N) is 1. The fourth-order valence-corrected chi connectivity index (χ4v) is 2.28. The molecule has 1 atom stereocenters. The van der Waals surface area contributed by atoms with Gasteiger partial charge in [0.25, 0.3) is 0 Å². The van der Waals surface area contributed by atoms with Crippen molar-refractivity contribution in [1.82, 2.24) is 0 Å². The molecule has 14 heavy (non-hydrogen) atoms. The Morgan fingerprint density at radius 3 is 2.43 bits per heavy atom. The lowest BCUT2D eigenvalue weighted by atomic mass is 9.76. The van der Waals surface area contributed by atoms with Gasteiger partial charge in [-0.2, -0.15) is 0 Å². The minimum absolute atomic E-state index is 0.0381. The summed E-state index contributed by atoms with van der Waals surface area (Å²) in [7, 11) is 1.47. The van der Waals surface area contributed by atoms with Crippen LogP contribution in [0.4, 0.5) is 0 Å². The van der Waals surface area contributed by atoms with Crippen LogP contribution in [0.2, 0.25) is 0 Å². The Bertz CT molecular complexity index is 186. The summed E-state index contributed by atoms with van der Waals surface area (Å²) in [5, 5.41) is 0. The maximum Gasteiger partial charge on any atom is 0.308 e. The predicted molar refractivity (Wildman–Crippen MR) is 55.7 cm³/mol. The Hall–Kier alpha value is -0.570. The number of esters is 1. The molecule has 0 amide bonds. The normalized spacial score (nSPS) is 29.6. The van der Waals surface area contributed by atoms with Crippen LogP contribution in [-0.4, -0.2) is 19.6 Å². The zero-order valence-electron chi connectivity index (χ0n) is 9.16. The van der Waals surface area contributed by atoms with Crippen LogP contribution in [0.1, 0.15) is 32.6 Å². The van der Waals surface area contributed by atoms with Crippen LogP contribution in [0.15, 0.2) is 0 Å². The molecule has 3 heteroatoms. The summed E-state index contributed by atoms with van der Waals surface area (Å²) in [6.07, 6.45) is 4.19. The quantitative estimate of drug-likeness (QED) is 0.702. The van der Waals surface area contributed by atoms with Crippen LogP contribution in [0.3, 0.4) is 0 Å². The molecule has 1 fully saturated rings. The molecule has 0 bridgehead atoms. The van der Waals surface area contributed by atoms with Crippen LogP contribution in [0.25, 0.3) is 0 Å². The third-order valence-corrected chi connectivity index (χ3v) is 3.48. The van der Waals surface area contributed by atoms with Crippen molar-refractivity contribution in [3.8, 4) is 0 Å². The summed E-state index contributed by atoms with van der Waals surface area (Å²) in [6, 6.07) is 0. The van der Waals surface area contributed by atoms with Gasteiger partial charge in [0.15, 0.2) is 0 Å². The predicted octanol–water partition coefficient (Wildman–Crippen LogP) is 1.56. The van der Waals surface area contributed by atoms with Crippen molar-refractivity contribution in [2.75, 3.05) is 13.7 Å². The Balaban J connectivity index is 2.34. The molecule has 0 aromatic heterocycles. The third kappa shape index (κ3) is 2.71. The summed E-state index contributed by atoms with van der Waals surface area (Å²) in [6.45, 7) is 2.96. The van der Waals surface area contributed by atoms with Crippen molar-refractivity contribution < 1.29 is 9.53 Å². The van der Waals surface area contributed by atoms with Crippen molar-refractivity contribution >= 4 is 5.97 Å². The zero-order valence-corrected chi connectivity index (χ0v) is 9.16. The van der Waals surface area contributed by atoms with E-state index in [1.807, 2.05) is 0 Å². The lowest BCUT2D eigenvalue weighted by molar-refractivity contribution is -0.146. The second-order valence-electron chi connectivity index (χ2n) is 4.35.